The van der Waals surface area contributed by atoms with E-state index in [1.165, 1.54) is 12.1 Å². The van der Waals surface area contributed by atoms with Gasteiger partial charge in [0.2, 0.25) is 0 Å². The third-order valence-corrected chi connectivity index (χ3v) is 5.12. The fourth-order valence-corrected chi connectivity index (χ4v) is 3.73. The zero-order valence-corrected chi connectivity index (χ0v) is 16.8. The van der Waals surface area contributed by atoms with E-state index in [1.807, 2.05) is 6.07 Å². The predicted molar refractivity (Wildman–Crippen MR) is 114 cm³/mol. The smallest absolute Gasteiger partial charge is 0.322 e. The van der Waals surface area contributed by atoms with E-state index in [2.05, 4.69) is 30.2 Å². The highest BCUT2D eigenvalue weighted by Gasteiger charge is 2.29. The second-order valence-electron chi connectivity index (χ2n) is 7.09. The van der Waals surface area contributed by atoms with Crippen molar-refractivity contribution >= 4 is 11.5 Å². The minimum Gasteiger partial charge on any atom is -0.421 e. The van der Waals surface area contributed by atoms with Crippen LogP contribution in [-0.4, -0.2) is 32.0 Å². The van der Waals surface area contributed by atoms with E-state index in [-0.39, 0.29) is 11.8 Å². The number of nitrogens with two attached hydrogens (primary N) is 1. The quantitative estimate of drug-likeness (QED) is 0.456. The molecule has 0 radical (unpaired) electrons. The Morgan fingerprint density at radius 1 is 1.10 bits per heavy atom. The Bertz CT molecular complexity index is 1310. The van der Waals surface area contributed by atoms with Crippen LogP contribution >= 0.6 is 0 Å². The molecule has 5 rings (SSSR count). The molecule has 0 fully saturated rings. The van der Waals surface area contributed by atoms with Crippen LogP contribution in [0.5, 0.6) is 11.8 Å². The molecule has 8 nitrogen and oxygen atoms in total. The number of nitrogen functional groups attached to an aromatic ring is 1. The Kier molecular flexibility index (Phi) is 4.43. The molecule has 4 aromatic rings. The summed E-state index contributed by atoms with van der Waals surface area (Å²) in [5.74, 6) is 1.00. The first-order valence-corrected chi connectivity index (χ1v) is 9.62. The van der Waals surface area contributed by atoms with Gasteiger partial charge in [-0.05, 0) is 42.3 Å². The number of pyridine rings is 1. The second kappa shape index (κ2) is 7.28. The highest BCUT2D eigenvalue weighted by atomic mass is 19.1. The molecule has 0 saturated heterocycles. The lowest BCUT2D eigenvalue weighted by atomic mass is 10.0. The number of aryl methyl sites for hydroxylation is 1. The maximum absolute atomic E-state index is 14.4. The van der Waals surface area contributed by atoms with Gasteiger partial charge in [0.25, 0.3) is 0 Å². The summed E-state index contributed by atoms with van der Waals surface area (Å²) in [7, 11) is 1.76. The van der Waals surface area contributed by atoms with Crippen LogP contribution in [0.3, 0.4) is 0 Å². The Morgan fingerprint density at radius 2 is 1.90 bits per heavy atom. The van der Waals surface area contributed by atoms with Crippen LogP contribution in [0.25, 0.3) is 22.4 Å². The van der Waals surface area contributed by atoms with Crippen molar-refractivity contribution in [2.75, 3.05) is 18.1 Å². The molecule has 0 bridgehead atoms. The van der Waals surface area contributed by atoms with Crippen LogP contribution in [0.2, 0.25) is 0 Å². The van der Waals surface area contributed by atoms with Gasteiger partial charge in [-0.3, -0.25) is 0 Å². The van der Waals surface area contributed by atoms with Gasteiger partial charge in [0.1, 0.15) is 17.5 Å². The van der Waals surface area contributed by atoms with Crippen LogP contribution in [0.15, 0.2) is 42.9 Å². The minimum atomic E-state index is -0.349. The summed E-state index contributed by atoms with van der Waals surface area (Å²) in [5.41, 5.74) is 11.1. The van der Waals surface area contributed by atoms with E-state index < -0.39 is 0 Å². The van der Waals surface area contributed by atoms with Crippen LogP contribution < -0.4 is 15.8 Å². The summed E-state index contributed by atoms with van der Waals surface area (Å²) in [5, 5.41) is 3.06. The molecule has 1 aliphatic carbocycles. The normalized spacial score (nSPS) is 11.7. The van der Waals surface area contributed by atoms with Crippen LogP contribution in [0, 0.1) is 12.7 Å². The number of aromatic nitrogens is 5. The zero-order chi connectivity index (χ0) is 21.5. The molecule has 0 spiro atoms. The Morgan fingerprint density at radius 3 is 2.65 bits per heavy atom. The number of fused-ring (bicyclic) bond motifs is 3. The molecular formula is C22H18FN7O. The summed E-state index contributed by atoms with van der Waals surface area (Å²) >= 11 is 0. The number of rotatable bonds is 4. The molecule has 1 aliphatic rings. The number of anilines is 2. The molecule has 0 amide bonds. The molecular weight excluding hydrogens is 397 g/mol. The van der Waals surface area contributed by atoms with E-state index in [0.29, 0.717) is 46.5 Å². The molecule has 3 aromatic heterocycles. The Hall–Kier alpha value is -4.14. The summed E-state index contributed by atoms with van der Waals surface area (Å²) in [6.07, 6.45) is 5.21. The fourth-order valence-electron chi connectivity index (χ4n) is 3.73. The van der Waals surface area contributed by atoms with Crippen molar-refractivity contribution in [3.05, 3.63) is 65.8 Å². The van der Waals surface area contributed by atoms with E-state index in [1.54, 1.807) is 38.6 Å². The van der Waals surface area contributed by atoms with Gasteiger partial charge < -0.3 is 15.8 Å². The number of halogens is 1. The van der Waals surface area contributed by atoms with Gasteiger partial charge >= 0.3 is 6.01 Å². The highest BCUT2D eigenvalue weighted by molar-refractivity contribution is 5.92. The first-order chi connectivity index (χ1) is 15.0. The van der Waals surface area contributed by atoms with Crippen molar-refractivity contribution in [3.63, 3.8) is 0 Å². The first-order valence-electron chi connectivity index (χ1n) is 9.62. The van der Waals surface area contributed by atoms with Crippen molar-refractivity contribution in [2.24, 2.45) is 0 Å². The molecule has 0 saturated carbocycles. The van der Waals surface area contributed by atoms with Gasteiger partial charge in [-0.2, -0.15) is 9.97 Å². The van der Waals surface area contributed by atoms with Crippen molar-refractivity contribution < 1.29 is 9.13 Å². The van der Waals surface area contributed by atoms with Crippen molar-refractivity contribution in [1.82, 2.24) is 24.9 Å². The van der Waals surface area contributed by atoms with Gasteiger partial charge in [-0.1, -0.05) is 0 Å². The van der Waals surface area contributed by atoms with Crippen LogP contribution in [-0.2, 0) is 6.42 Å². The minimum absolute atomic E-state index is 0.128. The number of hydrogen-bond acceptors (Lipinski definition) is 8. The van der Waals surface area contributed by atoms with E-state index in [4.69, 9.17) is 10.5 Å². The average Bonchev–Trinajstić information content (AvgIpc) is 3.13. The Balaban J connectivity index is 1.72. The van der Waals surface area contributed by atoms with Crippen LogP contribution in [0.4, 0.5) is 15.9 Å². The lowest BCUT2D eigenvalue weighted by molar-refractivity contribution is 0.436. The number of benzene rings is 1. The molecule has 3 N–H and O–H groups in total. The second-order valence-corrected chi connectivity index (χ2v) is 7.09. The van der Waals surface area contributed by atoms with E-state index in [0.717, 1.165) is 16.7 Å². The average molecular weight is 415 g/mol. The topological polar surface area (TPSA) is 112 Å². The van der Waals surface area contributed by atoms with Crippen LogP contribution in [0.1, 0.15) is 17.1 Å². The molecule has 3 heterocycles. The van der Waals surface area contributed by atoms with Crippen molar-refractivity contribution in [1.29, 1.82) is 0 Å². The Labute approximate surface area is 177 Å². The molecule has 1 aromatic carbocycles. The van der Waals surface area contributed by atoms with Gasteiger partial charge in [-0.25, -0.2) is 19.3 Å². The number of nitrogens with one attached hydrogen (secondary N) is 1. The lowest BCUT2D eigenvalue weighted by Crippen LogP contribution is -2.02. The number of hydrogen-bond donors (Lipinski definition) is 2. The molecule has 0 aliphatic heterocycles. The van der Waals surface area contributed by atoms with E-state index >= 15 is 0 Å². The third-order valence-electron chi connectivity index (χ3n) is 5.12. The summed E-state index contributed by atoms with van der Waals surface area (Å²) in [6, 6.07) is 6.69. The van der Waals surface area contributed by atoms with Crippen molar-refractivity contribution in [2.45, 2.75) is 13.3 Å². The zero-order valence-electron chi connectivity index (χ0n) is 16.8. The van der Waals surface area contributed by atoms with Gasteiger partial charge in [0, 0.05) is 36.5 Å². The third kappa shape index (κ3) is 3.29. The fraction of sp³-hybridized carbons (Fsp3) is 0.136. The van der Waals surface area contributed by atoms with E-state index in [9.17, 15) is 4.39 Å². The predicted octanol–water partition coefficient (Wildman–Crippen LogP) is 3.76. The number of nitrogens with zero attached hydrogens (tertiary/aromatic N) is 5. The lowest BCUT2D eigenvalue weighted by Gasteiger charge is -2.13. The van der Waals surface area contributed by atoms with Crippen molar-refractivity contribution in [3.8, 4) is 34.1 Å². The summed E-state index contributed by atoms with van der Waals surface area (Å²) < 4.78 is 20.2. The summed E-state index contributed by atoms with van der Waals surface area (Å²) in [4.78, 5) is 21.7. The van der Waals surface area contributed by atoms with Gasteiger partial charge in [0.05, 0.1) is 23.8 Å². The SMILES string of the molecule is CNc1cc(F)cc2c1Cc1nc(Oc3cnc(C)nc3)nc(-c3cccnc3N)c1-2. The molecule has 0 atom stereocenters. The maximum atomic E-state index is 14.4. The molecule has 9 heteroatoms. The van der Waals surface area contributed by atoms with Gasteiger partial charge in [0.15, 0.2) is 5.75 Å². The summed E-state index contributed by atoms with van der Waals surface area (Å²) in [6.45, 7) is 1.79. The maximum Gasteiger partial charge on any atom is 0.322 e. The number of ether oxygens (including phenoxy) is 1. The van der Waals surface area contributed by atoms with Gasteiger partial charge in [-0.15, -0.1) is 0 Å². The highest BCUT2D eigenvalue weighted by Crippen LogP contribution is 2.46. The first kappa shape index (κ1) is 18.9. The standard InChI is InChI=1S/C22H18FN7O/c1-11-27-9-13(10-28-11)31-22-29-18-8-15-16(6-12(23)7-17(15)25-2)19(18)20(30-22)14-4-3-5-26-21(14)24/h3-7,9-10,25H,8H2,1-2H3,(H2,24,26). The molecule has 0 unspecified atom stereocenters. The molecule has 31 heavy (non-hydrogen) atoms. The largest absolute Gasteiger partial charge is 0.421 e. The monoisotopic (exact) mass is 415 g/mol. The molecule has 154 valence electrons.